The number of anilines is 1. The van der Waals surface area contributed by atoms with E-state index in [9.17, 15) is 18.4 Å². The number of fused-ring (bicyclic) bond motifs is 1. The lowest BCUT2D eigenvalue weighted by Crippen LogP contribution is -2.23. The molecule has 2 aromatic carbocycles. The molecule has 0 radical (unpaired) electrons. The minimum Gasteiger partial charge on any atom is -0.348 e. The van der Waals surface area contributed by atoms with Crippen LogP contribution in [0.25, 0.3) is 22.4 Å². The molecule has 0 aliphatic rings. The average molecular weight is 424 g/mol. The standard InChI is InChI=1S/C22H18F2N4O3/c1-2-13-3-5-14(6-4-13)19-20-21(31-27-19)22(30)28(12-25-20)10-9-18(29)26-15-7-8-16(23)17(24)11-15/h3-8,11-12H,2,9-10H2,1H3,(H,26,29). The number of aromatic nitrogens is 3. The van der Waals surface area contributed by atoms with E-state index in [1.165, 1.54) is 22.5 Å². The monoisotopic (exact) mass is 424 g/mol. The van der Waals surface area contributed by atoms with Crippen LogP contribution in [-0.2, 0) is 17.8 Å². The Balaban J connectivity index is 1.49. The summed E-state index contributed by atoms with van der Waals surface area (Å²) >= 11 is 0. The molecule has 0 saturated carbocycles. The van der Waals surface area contributed by atoms with Crippen LogP contribution in [0.1, 0.15) is 18.9 Å². The Bertz CT molecular complexity index is 1310. The third-order valence-electron chi connectivity index (χ3n) is 4.87. The molecule has 0 spiro atoms. The fourth-order valence-corrected chi connectivity index (χ4v) is 3.12. The van der Waals surface area contributed by atoms with Gasteiger partial charge in [-0.15, -0.1) is 0 Å². The van der Waals surface area contributed by atoms with Crippen LogP contribution in [-0.4, -0.2) is 20.6 Å². The Hall–Kier alpha value is -3.88. The van der Waals surface area contributed by atoms with Crippen LogP contribution in [0.4, 0.5) is 14.5 Å². The third-order valence-corrected chi connectivity index (χ3v) is 4.87. The van der Waals surface area contributed by atoms with Crippen LogP contribution in [0, 0.1) is 11.6 Å². The Morgan fingerprint density at radius 1 is 1.13 bits per heavy atom. The minimum atomic E-state index is -1.06. The van der Waals surface area contributed by atoms with Gasteiger partial charge in [-0.1, -0.05) is 36.3 Å². The molecular weight excluding hydrogens is 406 g/mol. The zero-order valence-corrected chi connectivity index (χ0v) is 16.6. The van der Waals surface area contributed by atoms with E-state index in [-0.39, 0.29) is 24.2 Å². The van der Waals surface area contributed by atoms with Gasteiger partial charge in [0.1, 0.15) is 11.2 Å². The summed E-state index contributed by atoms with van der Waals surface area (Å²) in [5.74, 6) is -2.53. The maximum Gasteiger partial charge on any atom is 0.299 e. The van der Waals surface area contributed by atoms with Gasteiger partial charge in [0.15, 0.2) is 11.6 Å². The molecule has 1 N–H and O–H groups in total. The first-order chi connectivity index (χ1) is 15.0. The maximum absolute atomic E-state index is 13.2. The lowest BCUT2D eigenvalue weighted by Gasteiger charge is -2.07. The lowest BCUT2D eigenvalue weighted by atomic mass is 10.1. The van der Waals surface area contributed by atoms with Crippen molar-refractivity contribution in [2.75, 3.05) is 5.32 Å². The molecule has 7 nitrogen and oxygen atoms in total. The largest absolute Gasteiger partial charge is 0.348 e. The second-order valence-corrected chi connectivity index (χ2v) is 6.93. The van der Waals surface area contributed by atoms with Crippen LogP contribution in [0.3, 0.4) is 0 Å². The number of hydrogen-bond donors (Lipinski definition) is 1. The lowest BCUT2D eigenvalue weighted by molar-refractivity contribution is -0.116. The number of hydrogen-bond acceptors (Lipinski definition) is 5. The molecular formula is C22H18F2N4O3. The number of benzene rings is 2. The van der Waals surface area contributed by atoms with E-state index in [0.29, 0.717) is 11.2 Å². The van der Waals surface area contributed by atoms with E-state index >= 15 is 0 Å². The predicted octanol–water partition coefficient (Wildman–Crippen LogP) is 3.92. The van der Waals surface area contributed by atoms with E-state index in [1.54, 1.807) is 0 Å². The van der Waals surface area contributed by atoms with Crippen LogP contribution < -0.4 is 10.9 Å². The van der Waals surface area contributed by atoms with Crippen LogP contribution >= 0.6 is 0 Å². The van der Waals surface area contributed by atoms with Crippen molar-refractivity contribution < 1.29 is 18.1 Å². The highest BCUT2D eigenvalue weighted by molar-refractivity contribution is 5.90. The van der Waals surface area contributed by atoms with Crippen molar-refractivity contribution in [2.24, 2.45) is 0 Å². The topological polar surface area (TPSA) is 90.0 Å². The molecule has 4 aromatic rings. The quantitative estimate of drug-likeness (QED) is 0.507. The minimum absolute atomic E-state index is 0.00178. The van der Waals surface area contributed by atoms with Crippen LogP contribution in [0.2, 0.25) is 0 Å². The van der Waals surface area contributed by atoms with Crippen molar-refractivity contribution in [2.45, 2.75) is 26.3 Å². The summed E-state index contributed by atoms with van der Waals surface area (Å²) in [6, 6.07) is 10.8. The fraction of sp³-hybridized carbons (Fsp3) is 0.182. The highest BCUT2D eigenvalue weighted by Crippen LogP contribution is 2.25. The zero-order valence-electron chi connectivity index (χ0n) is 16.6. The number of halogens is 2. The van der Waals surface area contributed by atoms with Gasteiger partial charge < -0.3 is 9.84 Å². The Morgan fingerprint density at radius 3 is 2.61 bits per heavy atom. The highest BCUT2D eigenvalue weighted by atomic mass is 19.2. The number of rotatable bonds is 6. The summed E-state index contributed by atoms with van der Waals surface area (Å²) < 4.78 is 32.7. The molecule has 4 rings (SSSR count). The highest BCUT2D eigenvalue weighted by Gasteiger charge is 2.17. The molecule has 2 heterocycles. The van der Waals surface area contributed by atoms with Crippen molar-refractivity contribution in [3.63, 3.8) is 0 Å². The summed E-state index contributed by atoms with van der Waals surface area (Å²) in [4.78, 5) is 29.1. The molecule has 0 aliphatic carbocycles. The van der Waals surface area contributed by atoms with Gasteiger partial charge in [-0.05, 0) is 24.1 Å². The number of nitrogens with zero attached hydrogens (tertiary/aromatic N) is 3. The van der Waals surface area contributed by atoms with Gasteiger partial charge in [0.05, 0.1) is 6.33 Å². The van der Waals surface area contributed by atoms with Crippen molar-refractivity contribution in [3.8, 4) is 11.3 Å². The van der Waals surface area contributed by atoms with Gasteiger partial charge in [0.25, 0.3) is 11.1 Å². The summed E-state index contributed by atoms with van der Waals surface area (Å²) in [6.07, 6.45) is 2.16. The van der Waals surface area contributed by atoms with E-state index in [0.717, 1.165) is 24.1 Å². The summed E-state index contributed by atoms with van der Waals surface area (Å²) in [7, 11) is 0. The molecule has 9 heteroatoms. The normalized spacial score (nSPS) is 11.1. The SMILES string of the molecule is CCc1ccc(-c2noc3c(=O)n(CCC(=O)Nc4ccc(F)c(F)c4)cnc23)cc1. The van der Waals surface area contributed by atoms with Crippen molar-refractivity contribution >= 4 is 22.7 Å². The molecule has 31 heavy (non-hydrogen) atoms. The first-order valence-electron chi connectivity index (χ1n) is 9.65. The van der Waals surface area contributed by atoms with E-state index in [2.05, 4.69) is 22.4 Å². The zero-order chi connectivity index (χ0) is 22.0. The number of amides is 1. The molecule has 2 aromatic heterocycles. The number of carbonyl (C=O) groups excluding carboxylic acids is 1. The van der Waals surface area contributed by atoms with Crippen LogP contribution in [0.15, 0.2) is 58.1 Å². The second-order valence-electron chi connectivity index (χ2n) is 6.93. The summed E-state index contributed by atoms with van der Waals surface area (Å²) in [5, 5.41) is 6.45. The number of nitrogens with one attached hydrogen (secondary N) is 1. The van der Waals surface area contributed by atoms with Crippen molar-refractivity contribution in [1.29, 1.82) is 0 Å². The van der Waals surface area contributed by atoms with Crippen molar-refractivity contribution in [3.05, 3.63) is 76.3 Å². The average Bonchev–Trinajstić information content (AvgIpc) is 3.21. The first kappa shape index (κ1) is 20.4. The van der Waals surface area contributed by atoms with E-state index in [4.69, 9.17) is 4.52 Å². The third kappa shape index (κ3) is 4.20. The van der Waals surface area contributed by atoms with Crippen LogP contribution in [0.5, 0.6) is 0 Å². The molecule has 1 amide bonds. The van der Waals surface area contributed by atoms with Gasteiger partial charge in [-0.25, -0.2) is 13.8 Å². The Labute approximate surface area is 175 Å². The second kappa shape index (κ2) is 8.47. The molecule has 0 atom stereocenters. The predicted molar refractivity (Wildman–Crippen MR) is 110 cm³/mol. The van der Waals surface area contributed by atoms with Gasteiger partial charge >= 0.3 is 0 Å². The Morgan fingerprint density at radius 2 is 1.90 bits per heavy atom. The van der Waals surface area contributed by atoms with Gasteiger partial charge in [-0.3, -0.25) is 14.2 Å². The maximum atomic E-state index is 13.2. The summed E-state index contributed by atoms with van der Waals surface area (Å²) in [5.41, 5.74) is 2.43. The fourth-order valence-electron chi connectivity index (χ4n) is 3.12. The van der Waals surface area contributed by atoms with Gasteiger partial charge in [-0.2, -0.15) is 0 Å². The first-order valence-corrected chi connectivity index (χ1v) is 9.65. The summed E-state index contributed by atoms with van der Waals surface area (Å²) in [6.45, 7) is 2.08. The molecule has 0 fully saturated rings. The van der Waals surface area contributed by atoms with Gasteiger partial charge in [0.2, 0.25) is 5.91 Å². The molecule has 158 valence electrons. The molecule has 0 saturated heterocycles. The number of carbonyl (C=O) groups is 1. The molecule has 0 bridgehead atoms. The smallest absolute Gasteiger partial charge is 0.299 e. The Kier molecular flexibility index (Phi) is 5.57. The van der Waals surface area contributed by atoms with E-state index < -0.39 is 23.1 Å². The number of aryl methyl sites for hydroxylation is 2. The van der Waals surface area contributed by atoms with Gasteiger partial charge in [0, 0.05) is 30.3 Å². The molecule has 0 unspecified atom stereocenters. The molecule has 0 aliphatic heterocycles. The van der Waals surface area contributed by atoms with E-state index in [1.807, 2.05) is 24.3 Å². The van der Waals surface area contributed by atoms with Crippen molar-refractivity contribution in [1.82, 2.24) is 14.7 Å².